The maximum absolute atomic E-state index is 12.6. The van der Waals surface area contributed by atoms with E-state index in [-0.39, 0.29) is 5.56 Å². The summed E-state index contributed by atoms with van der Waals surface area (Å²) in [4.78, 5) is 24.3. The average Bonchev–Trinajstić information content (AvgIpc) is 3.40. The van der Waals surface area contributed by atoms with Crippen molar-refractivity contribution in [1.29, 1.82) is 0 Å². The Kier molecular flexibility index (Phi) is 3.89. The van der Waals surface area contributed by atoms with Crippen molar-refractivity contribution in [3.8, 4) is 0 Å². The van der Waals surface area contributed by atoms with Crippen LogP contribution in [0, 0.1) is 0 Å². The molecule has 2 aliphatic rings. The highest BCUT2D eigenvalue weighted by molar-refractivity contribution is 8.01. The van der Waals surface area contributed by atoms with Gasteiger partial charge in [0, 0.05) is 16.4 Å². The van der Waals surface area contributed by atoms with Gasteiger partial charge < -0.3 is 4.57 Å². The smallest absolute Gasteiger partial charge is 0.282 e. The predicted octanol–water partition coefficient (Wildman–Crippen LogP) is 5.00. The Labute approximate surface area is 172 Å². The topological polar surface area (TPSA) is 47.8 Å². The Hall–Kier alpha value is -1.35. The molecule has 136 valence electrons. The summed E-state index contributed by atoms with van der Waals surface area (Å²) in [5, 5.41) is 1.79. The van der Waals surface area contributed by atoms with E-state index in [9.17, 15) is 4.79 Å². The lowest BCUT2D eigenvalue weighted by Crippen LogP contribution is -2.17. The number of benzene rings is 1. The molecule has 0 saturated carbocycles. The molecule has 4 heterocycles. The Morgan fingerprint density at radius 3 is 3.04 bits per heavy atom. The predicted molar refractivity (Wildman–Crippen MR) is 116 cm³/mol. The molecular weight excluding hydrogens is 414 g/mol. The third kappa shape index (κ3) is 2.61. The monoisotopic (exact) mass is 429 g/mol. The minimum atomic E-state index is -0.0253. The van der Waals surface area contributed by atoms with Gasteiger partial charge >= 0.3 is 0 Å². The van der Waals surface area contributed by atoms with Crippen LogP contribution in [0.3, 0.4) is 0 Å². The van der Waals surface area contributed by atoms with E-state index in [0.717, 1.165) is 49.6 Å². The summed E-state index contributed by atoms with van der Waals surface area (Å²) in [6.07, 6.45) is 3.31. The van der Waals surface area contributed by atoms with Gasteiger partial charge in [-0.15, -0.1) is 22.7 Å². The van der Waals surface area contributed by atoms with Crippen molar-refractivity contribution in [1.82, 2.24) is 14.5 Å². The summed E-state index contributed by atoms with van der Waals surface area (Å²) in [7, 11) is 0. The Morgan fingerprint density at radius 2 is 2.11 bits per heavy atom. The molecule has 0 amide bonds. The molecule has 3 aromatic heterocycles. The van der Waals surface area contributed by atoms with Crippen LogP contribution in [-0.2, 0) is 12.8 Å². The Morgan fingerprint density at radius 1 is 1.19 bits per heavy atom. The highest BCUT2D eigenvalue weighted by Gasteiger charge is 2.30. The summed E-state index contributed by atoms with van der Waals surface area (Å²) in [6, 6.07) is 8.66. The second kappa shape index (κ2) is 6.34. The highest BCUT2D eigenvalue weighted by Crippen LogP contribution is 2.43. The van der Waals surface area contributed by atoms with Crippen molar-refractivity contribution in [3.05, 3.63) is 45.1 Å². The van der Waals surface area contributed by atoms with Crippen molar-refractivity contribution in [2.75, 3.05) is 11.5 Å². The molecule has 0 fully saturated rings. The number of thiazole rings is 1. The molecule has 0 radical (unpaired) electrons. The van der Waals surface area contributed by atoms with Crippen LogP contribution in [0.1, 0.15) is 22.9 Å². The minimum Gasteiger partial charge on any atom is -0.307 e. The molecule has 1 aliphatic carbocycles. The molecule has 4 aromatic rings. The van der Waals surface area contributed by atoms with Crippen molar-refractivity contribution < 1.29 is 0 Å². The third-order valence-corrected chi connectivity index (χ3v) is 9.90. The first kappa shape index (κ1) is 16.6. The first-order valence-electron chi connectivity index (χ1n) is 8.96. The van der Waals surface area contributed by atoms with Crippen molar-refractivity contribution in [2.45, 2.75) is 34.8 Å². The van der Waals surface area contributed by atoms with Crippen LogP contribution >= 0.6 is 46.2 Å². The highest BCUT2D eigenvalue weighted by atomic mass is 32.2. The molecule has 1 aromatic carbocycles. The molecule has 0 unspecified atom stereocenters. The van der Waals surface area contributed by atoms with Gasteiger partial charge in [-0.1, -0.05) is 35.7 Å². The number of aromatic nitrogens is 3. The van der Waals surface area contributed by atoms with Crippen LogP contribution in [0.25, 0.3) is 20.4 Å². The zero-order valence-corrected chi connectivity index (χ0v) is 17.6. The van der Waals surface area contributed by atoms with Gasteiger partial charge in [0.05, 0.1) is 21.6 Å². The normalized spacial score (nSPS) is 18.4. The lowest BCUT2D eigenvalue weighted by atomic mass is 10.2. The molecule has 6 rings (SSSR count). The fraction of sp³-hybridized carbons (Fsp3) is 0.316. The lowest BCUT2D eigenvalue weighted by molar-refractivity contribution is 0.595. The second-order valence-electron chi connectivity index (χ2n) is 6.83. The fourth-order valence-corrected chi connectivity index (χ4v) is 8.90. The van der Waals surface area contributed by atoms with Gasteiger partial charge in [-0.3, -0.25) is 4.79 Å². The van der Waals surface area contributed by atoms with Crippen LogP contribution in [0.15, 0.2) is 38.6 Å². The number of hydrogen-bond donors (Lipinski definition) is 0. The van der Waals surface area contributed by atoms with Gasteiger partial charge in [-0.05, 0) is 37.0 Å². The molecule has 0 saturated heterocycles. The quantitative estimate of drug-likeness (QED) is 0.339. The van der Waals surface area contributed by atoms with Crippen molar-refractivity contribution in [3.63, 3.8) is 0 Å². The van der Waals surface area contributed by atoms with E-state index in [1.807, 2.05) is 29.2 Å². The van der Waals surface area contributed by atoms with E-state index >= 15 is 0 Å². The van der Waals surface area contributed by atoms with E-state index in [0.29, 0.717) is 6.04 Å². The average molecular weight is 430 g/mol. The van der Waals surface area contributed by atoms with Gasteiger partial charge in [-0.2, -0.15) is 4.98 Å². The Balaban J connectivity index is 1.36. The number of nitrogens with zero attached hydrogens (tertiary/aromatic N) is 3. The fourth-order valence-electron chi connectivity index (χ4n) is 3.94. The van der Waals surface area contributed by atoms with Crippen LogP contribution in [0.5, 0.6) is 0 Å². The SMILES string of the molecule is O=c1nc2n(c3sc4c(c13)CCC4)[C@@H](CSc1nc3ccccc3s1)CS2. The van der Waals surface area contributed by atoms with Gasteiger partial charge in [-0.25, -0.2) is 4.98 Å². The number of aryl methyl sites for hydroxylation is 2. The van der Waals surface area contributed by atoms with Gasteiger partial charge in [0.1, 0.15) is 4.83 Å². The molecule has 1 atom stereocenters. The standard InChI is InChI=1S/C19H15N3OS4/c23-16-15-11-4-3-7-13(11)26-17(15)22-10(8-24-18(22)21-16)9-25-19-20-12-5-1-2-6-14(12)27-19/h1-2,5-6,10H,3-4,7-9H2/t10-/m1/s1. The van der Waals surface area contributed by atoms with Crippen LogP contribution < -0.4 is 5.56 Å². The Bertz CT molecular complexity index is 1220. The minimum absolute atomic E-state index is 0.0253. The van der Waals surface area contributed by atoms with Gasteiger partial charge in [0.2, 0.25) is 0 Å². The molecule has 27 heavy (non-hydrogen) atoms. The van der Waals surface area contributed by atoms with Crippen LogP contribution in [-0.4, -0.2) is 26.0 Å². The zero-order chi connectivity index (χ0) is 18.0. The molecule has 0 bridgehead atoms. The first-order valence-corrected chi connectivity index (χ1v) is 12.6. The van der Waals surface area contributed by atoms with E-state index in [2.05, 4.69) is 27.8 Å². The summed E-state index contributed by atoms with van der Waals surface area (Å²) in [6.45, 7) is 0. The van der Waals surface area contributed by atoms with Crippen molar-refractivity contribution >= 4 is 66.6 Å². The van der Waals surface area contributed by atoms with Crippen molar-refractivity contribution in [2.24, 2.45) is 0 Å². The maximum Gasteiger partial charge on any atom is 0.282 e. The number of rotatable bonds is 3. The number of para-hydroxylation sites is 1. The molecule has 0 spiro atoms. The number of thioether (sulfide) groups is 2. The first-order chi connectivity index (χ1) is 13.3. The molecule has 0 N–H and O–H groups in total. The summed E-state index contributed by atoms with van der Waals surface area (Å²) in [5.41, 5.74) is 2.33. The number of hydrogen-bond acceptors (Lipinski definition) is 7. The summed E-state index contributed by atoms with van der Waals surface area (Å²) >= 11 is 7.12. The van der Waals surface area contributed by atoms with E-state index in [1.165, 1.54) is 21.6 Å². The summed E-state index contributed by atoms with van der Waals surface area (Å²) in [5.74, 6) is 1.94. The molecule has 4 nitrogen and oxygen atoms in total. The molecule has 1 aliphatic heterocycles. The van der Waals surface area contributed by atoms with Crippen LogP contribution in [0.2, 0.25) is 0 Å². The lowest BCUT2D eigenvalue weighted by Gasteiger charge is -2.14. The zero-order valence-electron chi connectivity index (χ0n) is 14.3. The van der Waals surface area contributed by atoms with Gasteiger partial charge in [0.25, 0.3) is 5.56 Å². The molecule has 8 heteroatoms. The van der Waals surface area contributed by atoms with E-state index < -0.39 is 0 Å². The van der Waals surface area contributed by atoms with E-state index in [1.54, 1.807) is 23.1 Å². The number of thiophene rings is 1. The third-order valence-electron chi connectivity index (χ3n) is 5.18. The second-order valence-corrected chi connectivity index (χ2v) is 11.2. The van der Waals surface area contributed by atoms with E-state index in [4.69, 9.17) is 4.98 Å². The largest absolute Gasteiger partial charge is 0.307 e. The van der Waals surface area contributed by atoms with Gasteiger partial charge in [0.15, 0.2) is 9.50 Å². The molecular formula is C19H15N3OS4. The van der Waals surface area contributed by atoms with Crippen LogP contribution in [0.4, 0.5) is 0 Å². The summed E-state index contributed by atoms with van der Waals surface area (Å²) < 4.78 is 4.70. The number of fused-ring (bicyclic) bond motifs is 6. The maximum atomic E-state index is 12.6.